The van der Waals surface area contributed by atoms with Crippen LogP contribution >= 0.6 is 22.7 Å². The van der Waals surface area contributed by atoms with Crippen molar-refractivity contribution in [3.8, 4) is 9.88 Å². The third kappa shape index (κ3) is 2.42. The highest BCUT2D eigenvalue weighted by Crippen LogP contribution is 2.31. The fraction of sp³-hybridized carbons (Fsp3) is 0.400. The van der Waals surface area contributed by atoms with Crippen LogP contribution in [0.15, 0.2) is 11.4 Å². The van der Waals surface area contributed by atoms with Crippen LogP contribution in [0.1, 0.15) is 17.0 Å². The predicted octanol–water partition coefficient (Wildman–Crippen LogP) is 2.47. The van der Waals surface area contributed by atoms with E-state index in [0.29, 0.717) is 6.54 Å². The third-order valence-corrected chi connectivity index (χ3v) is 4.27. The molecule has 0 aliphatic heterocycles. The Bertz CT molecular complexity index is 433. The molecule has 2 heterocycles. The van der Waals surface area contributed by atoms with E-state index in [0.717, 1.165) is 22.9 Å². The van der Waals surface area contributed by atoms with Crippen molar-refractivity contribution in [3.05, 3.63) is 22.0 Å². The molecule has 3 nitrogen and oxygen atoms in total. The highest BCUT2D eigenvalue weighted by atomic mass is 32.1. The van der Waals surface area contributed by atoms with Gasteiger partial charge in [0.2, 0.25) is 0 Å². The van der Waals surface area contributed by atoms with Gasteiger partial charge in [-0.2, -0.15) is 0 Å². The zero-order valence-electron chi connectivity index (χ0n) is 8.56. The molecule has 2 aromatic rings. The van der Waals surface area contributed by atoms with Crippen LogP contribution in [0.25, 0.3) is 9.88 Å². The average Bonchev–Trinajstić information content (AvgIpc) is 2.83. The monoisotopic (exact) mass is 239 g/mol. The van der Waals surface area contributed by atoms with Gasteiger partial charge in [0.25, 0.3) is 0 Å². The van der Waals surface area contributed by atoms with Crippen molar-refractivity contribution in [2.24, 2.45) is 5.73 Å². The van der Waals surface area contributed by atoms with E-state index >= 15 is 0 Å². The molecule has 0 aliphatic rings. The molecule has 0 atom stereocenters. The normalized spacial score (nSPS) is 10.8. The molecule has 0 saturated carbocycles. The molecule has 2 rings (SSSR count). The Balaban J connectivity index is 2.17. The van der Waals surface area contributed by atoms with E-state index in [1.807, 2.05) is 0 Å². The van der Waals surface area contributed by atoms with Gasteiger partial charge in [0.1, 0.15) is 5.01 Å². The average molecular weight is 239 g/mol. The van der Waals surface area contributed by atoms with Gasteiger partial charge in [-0.15, -0.1) is 21.5 Å². The summed E-state index contributed by atoms with van der Waals surface area (Å²) in [5.41, 5.74) is 6.74. The quantitative estimate of drug-likeness (QED) is 0.891. The van der Waals surface area contributed by atoms with Crippen molar-refractivity contribution >= 4 is 22.7 Å². The first-order valence-electron chi connectivity index (χ1n) is 4.88. The van der Waals surface area contributed by atoms with E-state index in [9.17, 15) is 0 Å². The lowest BCUT2D eigenvalue weighted by molar-refractivity contribution is 0.812. The van der Waals surface area contributed by atoms with Gasteiger partial charge in [0.05, 0.1) is 4.88 Å². The summed E-state index contributed by atoms with van der Waals surface area (Å²) in [6.07, 6.45) is 1.93. The molecule has 0 bridgehead atoms. The first-order valence-corrected chi connectivity index (χ1v) is 6.58. The van der Waals surface area contributed by atoms with Crippen molar-refractivity contribution in [2.45, 2.75) is 19.8 Å². The van der Waals surface area contributed by atoms with Gasteiger partial charge < -0.3 is 5.73 Å². The lowest BCUT2D eigenvalue weighted by atomic mass is 10.3. The van der Waals surface area contributed by atoms with Gasteiger partial charge in [-0.3, -0.25) is 0 Å². The van der Waals surface area contributed by atoms with Crippen molar-refractivity contribution in [1.29, 1.82) is 0 Å². The SMILES string of the molecule is Cc1ccsc1-c1nnc(CCCN)s1. The lowest BCUT2D eigenvalue weighted by Gasteiger charge is -1.91. The van der Waals surface area contributed by atoms with Crippen LogP contribution in [-0.4, -0.2) is 16.7 Å². The second-order valence-electron chi connectivity index (χ2n) is 3.33. The van der Waals surface area contributed by atoms with E-state index in [1.165, 1.54) is 10.4 Å². The van der Waals surface area contributed by atoms with E-state index in [2.05, 4.69) is 28.6 Å². The number of nitrogens with two attached hydrogens (primary N) is 1. The summed E-state index contributed by atoms with van der Waals surface area (Å²) >= 11 is 3.40. The van der Waals surface area contributed by atoms with Gasteiger partial charge >= 0.3 is 0 Å². The summed E-state index contributed by atoms with van der Waals surface area (Å²) in [5, 5.41) is 12.6. The minimum absolute atomic E-state index is 0.715. The van der Waals surface area contributed by atoms with Gasteiger partial charge in [0.15, 0.2) is 5.01 Å². The molecule has 0 unspecified atom stereocenters. The van der Waals surface area contributed by atoms with Crippen LogP contribution in [0.3, 0.4) is 0 Å². The van der Waals surface area contributed by atoms with Crippen LogP contribution < -0.4 is 5.73 Å². The number of hydrogen-bond donors (Lipinski definition) is 1. The molecule has 0 amide bonds. The molecule has 15 heavy (non-hydrogen) atoms. The fourth-order valence-electron chi connectivity index (χ4n) is 1.29. The highest BCUT2D eigenvalue weighted by molar-refractivity contribution is 7.20. The molecule has 0 radical (unpaired) electrons. The Morgan fingerprint density at radius 3 is 2.93 bits per heavy atom. The standard InChI is InChI=1S/C10H13N3S2/c1-7-4-6-14-9(7)10-13-12-8(15-10)3-2-5-11/h4,6H,2-3,5,11H2,1H3. The molecule has 2 N–H and O–H groups in total. The number of aromatic nitrogens is 2. The Labute approximate surface area is 97.0 Å². The highest BCUT2D eigenvalue weighted by Gasteiger charge is 2.09. The van der Waals surface area contributed by atoms with Crippen molar-refractivity contribution in [2.75, 3.05) is 6.54 Å². The third-order valence-electron chi connectivity index (χ3n) is 2.12. The van der Waals surface area contributed by atoms with Gasteiger partial charge in [0, 0.05) is 6.42 Å². The number of nitrogens with zero attached hydrogens (tertiary/aromatic N) is 2. The zero-order valence-corrected chi connectivity index (χ0v) is 10.2. The van der Waals surface area contributed by atoms with Gasteiger partial charge in [-0.05, 0) is 36.9 Å². The first-order chi connectivity index (χ1) is 7.31. The summed E-state index contributed by atoms with van der Waals surface area (Å²) < 4.78 is 0. The molecule has 0 fully saturated rings. The van der Waals surface area contributed by atoms with E-state index in [4.69, 9.17) is 5.73 Å². The fourth-order valence-corrected chi connectivity index (χ4v) is 3.25. The maximum atomic E-state index is 5.46. The van der Waals surface area contributed by atoms with Crippen LogP contribution in [0.2, 0.25) is 0 Å². The maximum absolute atomic E-state index is 5.46. The number of thiophene rings is 1. The molecular weight excluding hydrogens is 226 g/mol. The first kappa shape index (κ1) is 10.7. The summed E-state index contributed by atoms with van der Waals surface area (Å²) in [6, 6.07) is 2.11. The van der Waals surface area contributed by atoms with E-state index in [-0.39, 0.29) is 0 Å². The second-order valence-corrected chi connectivity index (χ2v) is 5.30. The van der Waals surface area contributed by atoms with Crippen LogP contribution in [0.5, 0.6) is 0 Å². The van der Waals surface area contributed by atoms with E-state index in [1.54, 1.807) is 22.7 Å². The Kier molecular flexibility index (Phi) is 3.45. The molecule has 0 aliphatic carbocycles. The van der Waals surface area contributed by atoms with Crippen molar-refractivity contribution in [3.63, 3.8) is 0 Å². The minimum Gasteiger partial charge on any atom is -0.330 e. The van der Waals surface area contributed by atoms with Crippen LogP contribution in [0.4, 0.5) is 0 Å². The zero-order chi connectivity index (χ0) is 10.7. The maximum Gasteiger partial charge on any atom is 0.158 e. The topological polar surface area (TPSA) is 51.8 Å². The Morgan fingerprint density at radius 2 is 2.27 bits per heavy atom. The Morgan fingerprint density at radius 1 is 1.40 bits per heavy atom. The van der Waals surface area contributed by atoms with E-state index < -0.39 is 0 Å². The summed E-state index contributed by atoms with van der Waals surface area (Å²) in [5.74, 6) is 0. The summed E-state index contributed by atoms with van der Waals surface area (Å²) in [4.78, 5) is 1.24. The molecule has 0 saturated heterocycles. The molecular formula is C10H13N3S2. The largest absolute Gasteiger partial charge is 0.330 e. The number of hydrogen-bond acceptors (Lipinski definition) is 5. The van der Waals surface area contributed by atoms with Gasteiger partial charge in [-0.1, -0.05) is 11.3 Å². The molecule has 0 spiro atoms. The second kappa shape index (κ2) is 4.83. The lowest BCUT2D eigenvalue weighted by Crippen LogP contribution is -1.99. The molecule has 80 valence electrons. The summed E-state index contributed by atoms with van der Waals surface area (Å²) in [7, 11) is 0. The minimum atomic E-state index is 0.715. The smallest absolute Gasteiger partial charge is 0.158 e. The molecule has 0 aromatic carbocycles. The molecule has 5 heteroatoms. The van der Waals surface area contributed by atoms with Crippen molar-refractivity contribution < 1.29 is 0 Å². The molecule has 2 aromatic heterocycles. The number of rotatable bonds is 4. The summed E-state index contributed by atoms with van der Waals surface area (Å²) in [6.45, 7) is 2.82. The van der Waals surface area contributed by atoms with Gasteiger partial charge in [-0.25, -0.2) is 0 Å². The predicted molar refractivity (Wildman–Crippen MR) is 65.3 cm³/mol. The van der Waals surface area contributed by atoms with Crippen molar-refractivity contribution in [1.82, 2.24) is 10.2 Å². The van der Waals surface area contributed by atoms with Crippen LogP contribution in [0, 0.1) is 6.92 Å². The van der Waals surface area contributed by atoms with Crippen LogP contribution in [-0.2, 0) is 6.42 Å². The Hall–Kier alpha value is -0.780. The number of aryl methyl sites for hydroxylation is 2.